The summed E-state index contributed by atoms with van der Waals surface area (Å²) in [6, 6.07) is 23.1. The number of carbonyl (C=O) groups excluding carboxylic acids is 1. The fourth-order valence-electron chi connectivity index (χ4n) is 5.13. The number of unbranched alkanes of at least 4 members (excludes halogenated alkanes) is 1. The van der Waals surface area contributed by atoms with Crippen molar-refractivity contribution in [2.45, 2.75) is 57.2 Å². The maximum atomic E-state index is 13.3. The molecule has 0 bridgehead atoms. The summed E-state index contributed by atoms with van der Waals surface area (Å²) >= 11 is -1.23. The van der Waals surface area contributed by atoms with Crippen LogP contribution in [0.4, 0.5) is 5.69 Å². The van der Waals surface area contributed by atoms with Crippen molar-refractivity contribution >= 4 is 28.8 Å². The number of hydrogen-bond acceptors (Lipinski definition) is 6. The van der Waals surface area contributed by atoms with Gasteiger partial charge in [0, 0.05) is 42.4 Å². The Kier molecular flexibility index (Phi) is 12.6. The summed E-state index contributed by atoms with van der Waals surface area (Å²) in [6.45, 7) is 8.71. The third-order valence-electron chi connectivity index (χ3n) is 7.75. The van der Waals surface area contributed by atoms with E-state index in [-0.39, 0.29) is 5.91 Å². The van der Waals surface area contributed by atoms with Crippen LogP contribution in [0.3, 0.4) is 0 Å². The van der Waals surface area contributed by atoms with Gasteiger partial charge >= 0.3 is 0 Å². The standard InChI is InChI=1S/C38H43N5O4S/c1-4-6-21-46-22-23-47-35-13-8-30(9-14-35)31-10-17-37(43-20-7-18-40-43)32(25-31)24-29(3)38(44)41-33-11-15-36(16-12-33)48(45)27-34-26-39-28-42(34)19-5-2/h7-18,20,24-26,28H,4-6,19,21-23,27H2,1-3H3,(H,41,44)/b29-24+/t48-/m0/s1. The van der Waals surface area contributed by atoms with Crippen LogP contribution < -0.4 is 10.1 Å². The van der Waals surface area contributed by atoms with Crippen LogP contribution in [0.25, 0.3) is 22.9 Å². The first-order valence-corrected chi connectivity index (χ1v) is 17.7. The normalized spacial score (nSPS) is 12.2. The van der Waals surface area contributed by atoms with Crippen molar-refractivity contribution in [1.29, 1.82) is 0 Å². The largest absolute Gasteiger partial charge is 0.611 e. The molecule has 0 saturated carbocycles. The van der Waals surface area contributed by atoms with Crippen LogP contribution >= 0.6 is 0 Å². The van der Waals surface area contributed by atoms with E-state index in [1.54, 1.807) is 54.6 Å². The molecule has 0 unspecified atom stereocenters. The highest BCUT2D eigenvalue weighted by molar-refractivity contribution is 7.90. The first kappa shape index (κ1) is 34.7. The Hall–Kier alpha value is -4.64. The predicted octanol–water partition coefficient (Wildman–Crippen LogP) is 7.69. The Morgan fingerprint density at radius 1 is 0.979 bits per heavy atom. The second-order valence-corrected chi connectivity index (χ2v) is 12.9. The lowest BCUT2D eigenvalue weighted by Gasteiger charge is -2.13. The van der Waals surface area contributed by atoms with Crippen molar-refractivity contribution in [1.82, 2.24) is 19.3 Å². The monoisotopic (exact) mass is 665 g/mol. The van der Waals surface area contributed by atoms with Crippen molar-refractivity contribution in [3.63, 3.8) is 0 Å². The molecule has 1 amide bonds. The number of hydrogen-bond donors (Lipinski definition) is 1. The molecule has 5 aromatic rings. The molecule has 0 spiro atoms. The quantitative estimate of drug-likeness (QED) is 0.0620. The molecule has 1 N–H and O–H groups in total. The van der Waals surface area contributed by atoms with E-state index in [1.807, 2.05) is 59.3 Å². The van der Waals surface area contributed by atoms with Gasteiger partial charge in [0.1, 0.15) is 12.4 Å². The number of nitrogens with zero attached hydrogens (tertiary/aromatic N) is 4. The summed E-state index contributed by atoms with van der Waals surface area (Å²) in [5, 5.41) is 7.39. The van der Waals surface area contributed by atoms with E-state index in [9.17, 15) is 9.35 Å². The van der Waals surface area contributed by atoms with Gasteiger partial charge in [-0.2, -0.15) is 5.10 Å². The van der Waals surface area contributed by atoms with Gasteiger partial charge < -0.3 is 23.9 Å². The maximum Gasteiger partial charge on any atom is 0.251 e. The lowest BCUT2D eigenvalue weighted by Crippen LogP contribution is -2.13. The minimum atomic E-state index is -1.23. The van der Waals surface area contributed by atoms with E-state index >= 15 is 0 Å². The van der Waals surface area contributed by atoms with E-state index in [2.05, 4.69) is 35.3 Å². The number of nitrogens with one attached hydrogen (secondary N) is 1. The van der Waals surface area contributed by atoms with Crippen LogP contribution in [0.15, 0.2) is 108 Å². The summed E-state index contributed by atoms with van der Waals surface area (Å²) < 4.78 is 28.3. The molecule has 10 heteroatoms. The van der Waals surface area contributed by atoms with Gasteiger partial charge in [0.2, 0.25) is 0 Å². The molecule has 1 atom stereocenters. The third kappa shape index (κ3) is 9.47. The van der Waals surface area contributed by atoms with Crippen molar-refractivity contribution in [2.75, 3.05) is 25.1 Å². The number of carbonyl (C=O) groups is 1. The van der Waals surface area contributed by atoms with Gasteiger partial charge in [0.05, 0.1) is 30.5 Å². The lowest BCUT2D eigenvalue weighted by molar-refractivity contribution is -0.112. The smallest absolute Gasteiger partial charge is 0.251 e. The zero-order valence-electron chi connectivity index (χ0n) is 27.8. The zero-order chi connectivity index (χ0) is 33.7. The average Bonchev–Trinajstić information content (AvgIpc) is 3.80. The summed E-state index contributed by atoms with van der Waals surface area (Å²) in [5.74, 6) is 0.944. The van der Waals surface area contributed by atoms with Crippen LogP contribution in [0.2, 0.25) is 0 Å². The van der Waals surface area contributed by atoms with Gasteiger partial charge in [0.25, 0.3) is 5.91 Å². The molecule has 9 nitrogen and oxygen atoms in total. The lowest BCUT2D eigenvalue weighted by atomic mass is 10.00. The van der Waals surface area contributed by atoms with Gasteiger partial charge in [-0.15, -0.1) is 0 Å². The van der Waals surface area contributed by atoms with Crippen molar-refractivity contribution in [3.05, 3.63) is 115 Å². The SMILES string of the molecule is CCCCOCCOc1ccc(-c2ccc(-n3cccn3)c(/C=C(\C)C(=O)Nc3ccc([S@@+]([O-])Cc4cncn4CCC)cc3)c2)cc1. The van der Waals surface area contributed by atoms with Crippen LogP contribution in [0, 0.1) is 0 Å². The molecule has 250 valence electrons. The number of aromatic nitrogens is 4. The van der Waals surface area contributed by atoms with Gasteiger partial charge in [-0.05, 0) is 103 Å². The number of imidazole rings is 1. The Bertz CT molecular complexity index is 1770. The molecule has 0 radical (unpaired) electrons. The fourth-order valence-corrected chi connectivity index (χ4v) is 6.24. The van der Waals surface area contributed by atoms with Crippen molar-refractivity contribution in [3.8, 4) is 22.6 Å². The maximum absolute atomic E-state index is 13.3. The Morgan fingerprint density at radius 2 is 1.77 bits per heavy atom. The Labute approximate surface area is 285 Å². The Balaban J connectivity index is 1.26. The van der Waals surface area contributed by atoms with Crippen LogP contribution in [0.1, 0.15) is 51.3 Å². The molecule has 0 saturated heterocycles. The van der Waals surface area contributed by atoms with Crippen LogP contribution in [-0.2, 0) is 33.0 Å². The molecule has 48 heavy (non-hydrogen) atoms. The molecular weight excluding hydrogens is 623 g/mol. The zero-order valence-corrected chi connectivity index (χ0v) is 28.6. The number of anilines is 1. The highest BCUT2D eigenvalue weighted by atomic mass is 32.2. The topological polar surface area (TPSA) is 106 Å². The summed E-state index contributed by atoms with van der Waals surface area (Å²) in [6.07, 6.45) is 12.2. The van der Waals surface area contributed by atoms with Crippen LogP contribution in [0.5, 0.6) is 5.75 Å². The van der Waals surface area contributed by atoms with Crippen molar-refractivity contribution < 1.29 is 18.8 Å². The van der Waals surface area contributed by atoms with E-state index < -0.39 is 11.2 Å². The minimum absolute atomic E-state index is 0.232. The second kappa shape index (κ2) is 17.5. The summed E-state index contributed by atoms with van der Waals surface area (Å²) in [5.41, 5.74) is 5.82. The minimum Gasteiger partial charge on any atom is -0.611 e. The van der Waals surface area contributed by atoms with Gasteiger partial charge in [-0.3, -0.25) is 4.79 Å². The Morgan fingerprint density at radius 3 is 2.50 bits per heavy atom. The van der Waals surface area contributed by atoms with E-state index in [0.717, 1.165) is 66.2 Å². The van der Waals surface area contributed by atoms with E-state index in [1.165, 1.54) is 0 Å². The first-order valence-electron chi connectivity index (χ1n) is 16.4. The fraction of sp³-hybridized carbons (Fsp3) is 0.289. The van der Waals surface area contributed by atoms with Crippen molar-refractivity contribution in [2.24, 2.45) is 0 Å². The highest BCUT2D eigenvalue weighted by Crippen LogP contribution is 2.28. The molecular formula is C38H43N5O4S. The molecule has 0 fully saturated rings. The molecule has 0 aliphatic heterocycles. The van der Waals surface area contributed by atoms with Gasteiger partial charge in [0.15, 0.2) is 10.6 Å². The molecule has 0 aliphatic rings. The summed E-state index contributed by atoms with van der Waals surface area (Å²) in [7, 11) is 0. The highest BCUT2D eigenvalue weighted by Gasteiger charge is 2.16. The van der Waals surface area contributed by atoms with E-state index in [0.29, 0.717) is 35.1 Å². The number of benzene rings is 3. The predicted molar refractivity (Wildman–Crippen MR) is 192 cm³/mol. The summed E-state index contributed by atoms with van der Waals surface area (Å²) in [4.78, 5) is 18.2. The average molecular weight is 666 g/mol. The molecule has 3 aromatic carbocycles. The molecule has 5 rings (SSSR count). The first-order chi connectivity index (χ1) is 23.4. The third-order valence-corrected chi connectivity index (χ3v) is 9.11. The number of ether oxygens (including phenoxy) is 2. The number of rotatable bonds is 17. The van der Waals surface area contributed by atoms with Crippen LogP contribution in [-0.4, -0.2) is 49.6 Å². The second-order valence-electron chi connectivity index (χ2n) is 11.4. The van der Waals surface area contributed by atoms with Gasteiger partial charge in [-0.1, -0.05) is 38.5 Å². The molecule has 2 heterocycles. The molecule has 2 aromatic heterocycles. The number of aryl methyl sites for hydroxylation is 1. The molecule has 0 aliphatic carbocycles. The van der Waals surface area contributed by atoms with E-state index in [4.69, 9.17) is 9.47 Å². The van der Waals surface area contributed by atoms with Gasteiger partial charge in [-0.25, -0.2) is 9.67 Å². The number of amides is 1.